The van der Waals surface area contributed by atoms with E-state index in [1.807, 2.05) is 35.2 Å². The lowest BCUT2D eigenvalue weighted by Gasteiger charge is -2.38. The molecule has 160 valence electrons. The molecule has 0 heterocycles. The van der Waals surface area contributed by atoms with Gasteiger partial charge in [0.2, 0.25) is 5.91 Å². The molecule has 2 fully saturated rings. The molecule has 0 radical (unpaired) electrons. The third-order valence-corrected chi connectivity index (χ3v) is 6.23. The SMILES string of the molecule is N#Cc1ccc(C(=O)Nc2ccc(CN(C(=O)C3CC3)C3CCCCC3N)cc2)cc1. The van der Waals surface area contributed by atoms with E-state index in [1.165, 1.54) is 0 Å². The minimum absolute atomic E-state index is 0.0439. The zero-order chi connectivity index (χ0) is 21.8. The van der Waals surface area contributed by atoms with Crippen molar-refractivity contribution in [2.24, 2.45) is 11.7 Å². The van der Waals surface area contributed by atoms with Gasteiger partial charge in [0, 0.05) is 35.8 Å². The Morgan fingerprint density at radius 2 is 1.68 bits per heavy atom. The molecule has 0 spiro atoms. The van der Waals surface area contributed by atoms with Crippen LogP contribution in [0.15, 0.2) is 48.5 Å². The van der Waals surface area contributed by atoms with Gasteiger partial charge in [-0.3, -0.25) is 9.59 Å². The summed E-state index contributed by atoms with van der Waals surface area (Å²) in [5, 5.41) is 11.7. The van der Waals surface area contributed by atoms with Crippen molar-refractivity contribution in [2.75, 3.05) is 5.32 Å². The van der Waals surface area contributed by atoms with Crippen molar-refractivity contribution in [1.29, 1.82) is 5.26 Å². The first kappa shape index (κ1) is 21.1. The number of nitrogens with zero attached hydrogens (tertiary/aromatic N) is 2. The molecule has 0 aliphatic heterocycles. The van der Waals surface area contributed by atoms with Crippen molar-refractivity contribution in [2.45, 2.75) is 57.2 Å². The summed E-state index contributed by atoms with van der Waals surface area (Å²) in [4.78, 5) is 27.4. The van der Waals surface area contributed by atoms with Gasteiger partial charge in [0.25, 0.3) is 5.91 Å². The summed E-state index contributed by atoms with van der Waals surface area (Å²) in [6, 6.07) is 16.3. The molecule has 2 amide bonds. The zero-order valence-electron chi connectivity index (χ0n) is 17.6. The molecule has 31 heavy (non-hydrogen) atoms. The fraction of sp³-hybridized carbons (Fsp3) is 0.400. The summed E-state index contributed by atoms with van der Waals surface area (Å²) in [5.74, 6) is 0.177. The van der Waals surface area contributed by atoms with E-state index in [-0.39, 0.29) is 29.8 Å². The number of amides is 2. The summed E-state index contributed by atoms with van der Waals surface area (Å²) >= 11 is 0. The zero-order valence-corrected chi connectivity index (χ0v) is 17.6. The highest BCUT2D eigenvalue weighted by Gasteiger charge is 2.38. The molecule has 0 bridgehead atoms. The molecule has 6 heteroatoms. The number of nitrogens with one attached hydrogen (secondary N) is 1. The first-order chi connectivity index (χ1) is 15.0. The van der Waals surface area contributed by atoms with Gasteiger partial charge in [-0.2, -0.15) is 5.26 Å². The Morgan fingerprint density at radius 1 is 1.00 bits per heavy atom. The first-order valence-electron chi connectivity index (χ1n) is 11.0. The summed E-state index contributed by atoms with van der Waals surface area (Å²) in [6.07, 6.45) is 6.16. The number of benzene rings is 2. The second kappa shape index (κ2) is 9.32. The van der Waals surface area contributed by atoms with Gasteiger partial charge in [-0.15, -0.1) is 0 Å². The summed E-state index contributed by atoms with van der Waals surface area (Å²) < 4.78 is 0. The van der Waals surface area contributed by atoms with Gasteiger partial charge < -0.3 is 16.0 Å². The van der Waals surface area contributed by atoms with E-state index in [0.717, 1.165) is 44.1 Å². The summed E-state index contributed by atoms with van der Waals surface area (Å²) in [7, 11) is 0. The molecule has 0 saturated heterocycles. The lowest BCUT2D eigenvalue weighted by Crippen LogP contribution is -2.52. The average Bonchev–Trinajstić information content (AvgIpc) is 3.64. The predicted molar refractivity (Wildman–Crippen MR) is 119 cm³/mol. The van der Waals surface area contributed by atoms with Gasteiger partial charge in [0.15, 0.2) is 0 Å². The van der Waals surface area contributed by atoms with E-state index in [2.05, 4.69) is 5.32 Å². The number of hydrogen-bond donors (Lipinski definition) is 2. The number of carbonyl (C=O) groups excluding carboxylic acids is 2. The Morgan fingerprint density at radius 3 is 2.29 bits per heavy atom. The molecule has 3 N–H and O–H groups in total. The molecule has 2 unspecified atom stereocenters. The summed E-state index contributed by atoms with van der Waals surface area (Å²) in [6.45, 7) is 0.553. The van der Waals surface area contributed by atoms with Crippen molar-refractivity contribution in [3.63, 3.8) is 0 Å². The lowest BCUT2D eigenvalue weighted by atomic mass is 9.89. The average molecular weight is 417 g/mol. The van der Waals surface area contributed by atoms with Crippen LogP contribution in [0.2, 0.25) is 0 Å². The third-order valence-electron chi connectivity index (χ3n) is 6.23. The van der Waals surface area contributed by atoms with Crippen molar-refractivity contribution in [3.8, 4) is 6.07 Å². The minimum Gasteiger partial charge on any atom is -0.334 e. The number of anilines is 1. The Labute approximate surface area is 183 Å². The molecule has 2 aromatic carbocycles. The van der Waals surface area contributed by atoms with Gasteiger partial charge in [0.1, 0.15) is 0 Å². The van der Waals surface area contributed by atoms with E-state index in [1.54, 1.807) is 24.3 Å². The largest absolute Gasteiger partial charge is 0.334 e. The van der Waals surface area contributed by atoms with E-state index < -0.39 is 0 Å². The molecule has 2 aliphatic rings. The van der Waals surface area contributed by atoms with Gasteiger partial charge in [-0.05, 0) is 67.6 Å². The van der Waals surface area contributed by atoms with Crippen LogP contribution >= 0.6 is 0 Å². The number of nitrogens with two attached hydrogens (primary N) is 1. The highest BCUT2D eigenvalue weighted by atomic mass is 16.2. The Balaban J connectivity index is 1.42. The van der Waals surface area contributed by atoms with E-state index in [9.17, 15) is 9.59 Å². The second-order valence-electron chi connectivity index (χ2n) is 8.60. The molecule has 0 aromatic heterocycles. The van der Waals surface area contributed by atoms with E-state index >= 15 is 0 Å². The topological polar surface area (TPSA) is 99.2 Å². The monoisotopic (exact) mass is 416 g/mol. The maximum Gasteiger partial charge on any atom is 0.255 e. The Bertz CT molecular complexity index is 974. The van der Waals surface area contributed by atoms with Gasteiger partial charge >= 0.3 is 0 Å². The molecule has 4 rings (SSSR count). The van der Waals surface area contributed by atoms with Crippen LogP contribution in [0.25, 0.3) is 0 Å². The van der Waals surface area contributed by atoms with Crippen molar-refractivity contribution < 1.29 is 9.59 Å². The fourth-order valence-electron chi connectivity index (χ4n) is 4.24. The number of nitriles is 1. The van der Waals surface area contributed by atoms with Crippen molar-refractivity contribution >= 4 is 17.5 Å². The van der Waals surface area contributed by atoms with Crippen LogP contribution in [-0.2, 0) is 11.3 Å². The number of rotatable bonds is 6. The quantitative estimate of drug-likeness (QED) is 0.748. The molecule has 6 nitrogen and oxygen atoms in total. The Kier molecular flexibility index (Phi) is 6.34. The van der Waals surface area contributed by atoms with Crippen molar-refractivity contribution in [1.82, 2.24) is 4.90 Å². The standard InChI is InChI=1S/C25H28N4O2/c26-15-17-5-9-19(10-6-17)24(30)28-21-13-7-18(8-14-21)16-29(25(31)20-11-12-20)23-4-2-1-3-22(23)27/h5-10,13-14,20,22-23H,1-4,11-12,16,27H2,(H,28,30). The van der Waals surface area contributed by atoms with E-state index in [4.69, 9.17) is 11.0 Å². The highest BCUT2D eigenvalue weighted by molar-refractivity contribution is 6.04. The summed E-state index contributed by atoms with van der Waals surface area (Å²) in [5.41, 5.74) is 9.12. The van der Waals surface area contributed by atoms with Crippen LogP contribution in [0.5, 0.6) is 0 Å². The maximum absolute atomic E-state index is 13.0. The predicted octanol–water partition coefficient (Wildman–Crippen LogP) is 3.82. The minimum atomic E-state index is -0.226. The smallest absolute Gasteiger partial charge is 0.255 e. The fourth-order valence-corrected chi connectivity index (χ4v) is 4.24. The van der Waals surface area contributed by atoms with Crippen LogP contribution in [0.1, 0.15) is 60.0 Å². The van der Waals surface area contributed by atoms with Crippen LogP contribution in [0, 0.1) is 17.2 Å². The second-order valence-corrected chi connectivity index (χ2v) is 8.60. The molecule has 2 saturated carbocycles. The van der Waals surface area contributed by atoms with Gasteiger partial charge in [-0.25, -0.2) is 0 Å². The van der Waals surface area contributed by atoms with E-state index in [0.29, 0.717) is 23.4 Å². The van der Waals surface area contributed by atoms with Crippen molar-refractivity contribution in [3.05, 3.63) is 65.2 Å². The Hall–Kier alpha value is -3.17. The van der Waals surface area contributed by atoms with Crippen LogP contribution in [0.3, 0.4) is 0 Å². The molecular formula is C25H28N4O2. The third kappa shape index (κ3) is 5.12. The molecule has 2 aliphatic carbocycles. The lowest BCUT2D eigenvalue weighted by molar-refractivity contribution is -0.136. The van der Waals surface area contributed by atoms with Crippen LogP contribution in [0.4, 0.5) is 5.69 Å². The van der Waals surface area contributed by atoms with Gasteiger partial charge in [0.05, 0.1) is 11.6 Å². The molecular weight excluding hydrogens is 388 g/mol. The normalized spacial score (nSPS) is 20.5. The number of carbonyl (C=O) groups is 2. The van der Waals surface area contributed by atoms with Gasteiger partial charge in [-0.1, -0.05) is 25.0 Å². The first-order valence-corrected chi connectivity index (χ1v) is 11.0. The van der Waals surface area contributed by atoms with Crippen LogP contribution < -0.4 is 11.1 Å². The molecule has 2 aromatic rings. The van der Waals surface area contributed by atoms with Crippen LogP contribution in [-0.4, -0.2) is 28.8 Å². The molecule has 2 atom stereocenters. The number of hydrogen-bond acceptors (Lipinski definition) is 4. The maximum atomic E-state index is 13.0. The highest BCUT2D eigenvalue weighted by Crippen LogP contribution is 2.34.